The number of hydrogen-bond acceptors (Lipinski definition) is 14. The Morgan fingerprint density at radius 2 is 1.48 bits per heavy atom. The van der Waals surface area contributed by atoms with E-state index in [-0.39, 0.29) is 48.5 Å². The number of ether oxygens (including phenoxy) is 6. The van der Waals surface area contributed by atoms with Crippen LogP contribution in [0, 0.1) is 23.7 Å². The molecule has 14 nitrogen and oxygen atoms in total. The predicted molar refractivity (Wildman–Crippen MR) is 186 cm³/mol. The van der Waals surface area contributed by atoms with Crippen LogP contribution in [-0.2, 0) is 55.1 Å². The molecule has 0 unspecified atom stereocenters. The van der Waals surface area contributed by atoms with Crippen molar-refractivity contribution in [1.29, 1.82) is 0 Å². The minimum atomic E-state index is -1.99. The minimum absolute atomic E-state index is 0. The van der Waals surface area contributed by atoms with E-state index in [2.05, 4.69) is 0 Å². The van der Waals surface area contributed by atoms with E-state index in [0.29, 0.717) is 6.42 Å². The first-order valence-electron chi connectivity index (χ1n) is 18.5. The van der Waals surface area contributed by atoms with Crippen molar-refractivity contribution in [2.24, 2.45) is 23.7 Å². The van der Waals surface area contributed by atoms with E-state index in [1.165, 1.54) is 27.9 Å². The number of rotatable bonds is 7. The molecule has 3 aliphatic heterocycles. The zero-order valence-corrected chi connectivity index (χ0v) is 34.4. The zero-order valence-electron chi connectivity index (χ0n) is 33.3. The number of ketones is 1. The summed E-state index contributed by atoms with van der Waals surface area (Å²) in [5.74, 6) is -4.98. The smallest absolute Gasteiger partial charge is 0.311 e. The van der Waals surface area contributed by atoms with Crippen molar-refractivity contribution < 1.29 is 80.6 Å². The van der Waals surface area contributed by atoms with Crippen LogP contribution in [0.25, 0.3) is 0 Å². The van der Waals surface area contributed by atoms with Crippen LogP contribution in [0.2, 0.25) is 0 Å². The van der Waals surface area contributed by atoms with Crippen LogP contribution in [-0.4, -0.2) is 148 Å². The van der Waals surface area contributed by atoms with E-state index in [9.17, 15) is 35.1 Å². The molecular weight excluding hydrogens is 722 g/mol. The van der Waals surface area contributed by atoms with Gasteiger partial charge in [0.1, 0.15) is 29.7 Å². The number of nitrogens with zero attached hydrogens (tertiary/aromatic N) is 1. The van der Waals surface area contributed by atoms with Crippen molar-refractivity contribution in [3.63, 3.8) is 0 Å². The number of carbonyl (C=O) groups excluding carboxylic acids is 2. The van der Waals surface area contributed by atoms with Crippen LogP contribution in [0.5, 0.6) is 0 Å². The molecule has 5 N–H and O–H groups in total. The third-order valence-corrected chi connectivity index (χ3v) is 11.8. The molecule has 0 spiro atoms. The number of aliphatic hydroxyl groups is 5. The number of carbonyl (C=O) groups is 2. The van der Waals surface area contributed by atoms with Crippen molar-refractivity contribution in [2.45, 2.75) is 179 Å². The summed E-state index contributed by atoms with van der Waals surface area (Å²) in [6.07, 6.45) is -9.71. The molecular formula is C37H67FeNO13. The summed E-state index contributed by atoms with van der Waals surface area (Å²) in [4.78, 5) is 29.8. The summed E-state index contributed by atoms with van der Waals surface area (Å²) >= 11 is 0. The number of esters is 1. The molecule has 0 saturated carbocycles. The predicted octanol–water partition coefficient (Wildman–Crippen LogP) is 1.78. The first-order chi connectivity index (χ1) is 23.4. The molecule has 0 aliphatic carbocycles. The number of Topliss-reactive ketones (excluding diaryl/α,β-unsaturated/α-hetero) is 1. The Hall–Kier alpha value is -0.781. The minimum Gasteiger partial charge on any atom is -0.459 e. The maximum absolute atomic E-state index is 14.1. The van der Waals surface area contributed by atoms with Crippen LogP contribution in [0.1, 0.15) is 94.9 Å². The molecule has 15 heteroatoms. The fourth-order valence-corrected chi connectivity index (χ4v) is 8.41. The topological polar surface area (TPSA) is 194 Å². The molecule has 0 radical (unpaired) electrons. The first-order valence-corrected chi connectivity index (χ1v) is 18.5. The van der Waals surface area contributed by atoms with Gasteiger partial charge in [-0.1, -0.05) is 27.7 Å². The molecule has 18 atom stereocenters. The monoisotopic (exact) mass is 789 g/mol. The van der Waals surface area contributed by atoms with Gasteiger partial charge in [-0.05, 0) is 74.9 Å². The molecule has 52 heavy (non-hydrogen) atoms. The molecule has 3 rings (SSSR count). The van der Waals surface area contributed by atoms with E-state index in [0.717, 1.165) is 0 Å². The van der Waals surface area contributed by atoms with Gasteiger partial charge in [0.2, 0.25) is 0 Å². The van der Waals surface area contributed by atoms with E-state index in [1.807, 2.05) is 25.9 Å². The second kappa shape index (κ2) is 18.4. The molecule has 0 aromatic heterocycles. The number of methoxy groups -OCH3 is 1. The van der Waals surface area contributed by atoms with Gasteiger partial charge in [-0.15, -0.1) is 0 Å². The quantitative estimate of drug-likeness (QED) is 0.185. The third kappa shape index (κ3) is 10.1. The number of hydrogen-bond donors (Lipinski definition) is 5. The molecule has 3 aliphatic rings. The Balaban J connectivity index is 0.00000936. The molecule has 3 heterocycles. The average molecular weight is 790 g/mol. The Morgan fingerprint density at radius 1 is 0.885 bits per heavy atom. The maximum atomic E-state index is 14.1. The summed E-state index contributed by atoms with van der Waals surface area (Å²) in [6, 6.07) is -0.324. The number of likely N-dealkylation sites (N-methyl/N-ethyl adjacent to an activating group) is 1. The molecule has 3 fully saturated rings. The normalized spacial score (nSPS) is 48.8. The standard InChI is InChI=1S/C37H67NO13.Fe/c1-14-25-37(10,45)30(41)20(4)27(39)18(2)16-35(8,44)32(51-34-28(40)24(38(11)12)15-19(3)47-34)21(5)29(22(6)33(43)49-25)50-26-17-36(9,46-13)31(42)23(7)48-26;/h18-26,28-32,34,40-42,44-45H,14-17H2,1-13H3;/t18-,19-,20+,21-,22-,23+,24+,25-,26+,28-,29+,30+,31+,32-,34+,35-,36-,37-;/m1./s1. The van der Waals surface area contributed by atoms with Gasteiger partial charge in [0.05, 0.1) is 47.6 Å². The van der Waals surface area contributed by atoms with Crippen LogP contribution in [0.4, 0.5) is 0 Å². The molecule has 0 aromatic rings. The van der Waals surface area contributed by atoms with Crippen LogP contribution < -0.4 is 0 Å². The Kier molecular flexibility index (Phi) is 16.8. The van der Waals surface area contributed by atoms with Gasteiger partial charge in [0.15, 0.2) is 12.6 Å². The fraction of sp³-hybridized carbons (Fsp3) is 0.946. The zero-order chi connectivity index (χ0) is 39.0. The van der Waals surface area contributed by atoms with Gasteiger partial charge in [0, 0.05) is 54.4 Å². The maximum Gasteiger partial charge on any atom is 0.311 e. The van der Waals surface area contributed by atoms with E-state index < -0.39 is 108 Å². The van der Waals surface area contributed by atoms with Gasteiger partial charge in [-0.3, -0.25) is 9.59 Å². The summed E-state index contributed by atoms with van der Waals surface area (Å²) < 4.78 is 37.1. The van der Waals surface area contributed by atoms with E-state index >= 15 is 0 Å². The molecule has 0 aromatic carbocycles. The van der Waals surface area contributed by atoms with E-state index in [1.54, 1.807) is 41.5 Å². The largest absolute Gasteiger partial charge is 0.459 e. The van der Waals surface area contributed by atoms with E-state index in [4.69, 9.17) is 28.4 Å². The van der Waals surface area contributed by atoms with Crippen molar-refractivity contribution >= 4 is 11.8 Å². The fourth-order valence-electron chi connectivity index (χ4n) is 8.41. The summed E-state index contributed by atoms with van der Waals surface area (Å²) in [5, 5.41) is 57.6. The van der Waals surface area contributed by atoms with Crippen LogP contribution in [0.15, 0.2) is 0 Å². The van der Waals surface area contributed by atoms with Gasteiger partial charge in [0.25, 0.3) is 0 Å². The average Bonchev–Trinajstić information content (AvgIpc) is 3.05. The first kappa shape index (κ1) is 47.4. The third-order valence-electron chi connectivity index (χ3n) is 11.8. The summed E-state index contributed by atoms with van der Waals surface area (Å²) in [7, 11) is 5.18. The van der Waals surface area contributed by atoms with Crippen molar-refractivity contribution in [2.75, 3.05) is 21.2 Å². The van der Waals surface area contributed by atoms with Crippen molar-refractivity contribution in [1.82, 2.24) is 4.90 Å². The molecule has 3 saturated heterocycles. The molecule has 306 valence electrons. The Labute approximate surface area is 320 Å². The number of cyclic esters (lactones) is 1. The molecule has 0 amide bonds. The SMILES string of the molecule is CC[C@H]1OC(=O)[C@H](C)[C@@H](O[C@H]2C[C@@](C)(OC)[C@@H](O)[C@H](C)O2)[C@@H](C)[C@@H](O[C@@H]2O[C@H](C)C[C@H](N(C)C)[C@H]2O)[C@](C)(O)C[C@@H](C)C(=O)[C@H](C)[C@H](O)[C@]1(C)O.[Fe]. The van der Waals surface area contributed by atoms with Gasteiger partial charge in [-0.2, -0.15) is 0 Å². The van der Waals surface area contributed by atoms with Gasteiger partial charge >= 0.3 is 5.97 Å². The number of aliphatic hydroxyl groups excluding tert-OH is 3. The van der Waals surface area contributed by atoms with Crippen LogP contribution >= 0.6 is 0 Å². The summed E-state index contributed by atoms with van der Waals surface area (Å²) in [5.41, 5.74) is -4.84. The van der Waals surface area contributed by atoms with Gasteiger partial charge in [-0.25, -0.2) is 0 Å². The van der Waals surface area contributed by atoms with Crippen molar-refractivity contribution in [3.05, 3.63) is 0 Å². The Morgan fingerprint density at radius 3 is 2.02 bits per heavy atom. The second-order valence-electron chi connectivity index (χ2n) is 16.5. The Bertz CT molecular complexity index is 1170. The second-order valence-corrected chi connectivity index (χ2v) is 16.5. The van der Waals surface area contributed by atoms with Gasteiger partial charge < -0.3 is 58.9 Å². The van der Waals surface area contributed by atoms with Crippen LogP contribution in [0.3, 0.4) is 0 Å². The molecule has 0 bridgehead atoms. The summed E-state index contributed by atoms with van der Waals surface area (Å²) in [6.45, 7) is 16.3. The van der Waals surface area contributed by atoms with Crippen molar-refractivity contribution in [3.8, 4) is 0 Å².